The highest BCUT2D eigenvalue weighted by Crippen LogP contribution is 2.48. The molecule has 2 aromatic rings. The molecular formula is C18H12ClNO4. The van der Waals surface area contributed by atoms with E-state index in [1.807, 2.05) is 36.4 Å². The summed E-state index contributed by atoms with van der Waals surface area (Å²) >= 11 is 6.17. The number of hydrogen-bond acceptors (Lipinski definition) is 5. The molecule has 0 spiro atoms. The fourth-order valence-electron chi connectivity index (χ4n) is 3.47. The molecule has 0 radical (unpaired) electrons. The summed E-state index contributed by atoms with van der Waals surface area (Å²) in [6.45, 7) is 0.453. The quantitative estimate of drug-likeness (QED) is 0.805. The highest BCUT2D eigenvalue weighted by molar-refractivity contribution is 6.30. The van der Waals surface area contributed by atoms with Gasteiger partial charge in [-0.05, 0) is 29.3 Å². The first-order chi connectivity index (χ1) is 11.7. The zero-order chi connectivity index (χ0) is 16.3. The SMILES string of the molecule is O=C1OCC2=C1C(c1cccc(Cl)c1)c1cc3c(cc1N2)OCO3. The average Bonchev–Trinajstić information content (AvgIpc) is 3.17. The number of cyclic esters (lactones) is 1. The number of fused-ring (bicyclic) bond motifs is 2. The summed E-state index contributed by atoms with van der Waals surface area (Å²) < 4.78 is 16.2. The van der Waals surface area contributed by atoms with E-state index >= 15 is 0 Å². The standard InChI is InChI=1S/C18H12ClNO4/c19-10-3-1-2-9(4-10)16-11-5-14-15(24-8-23-14)6-12(11)20-13-7-22-18(21)17(13)16/h1-6,16,20H,7-8H2. The van der Waals surface area contributed by atoms with E-state index in [2.05, 4.69) is 5.32 Å². The first-order valence-corrected chi connectivity index (χ1v) is 7.95. The normalized spacial score (nSPS) is 20.4. The molecule has 0 saturated heterocycles. The maximum absolute atomic E-state index is 12.3. The van der Waals surface area contributed by atoms with Gasteiger partial charge < -0.3 is 19.5 Å². The van der Waals surface area contributed by atoms with Crippen LogP contribution in [0.25, 0.3) is 0 Å². The van der Waals surface area contributed by atoms with E-state index in [9.17, 15) is 4.79 Å². The van der Waals surface area contributed by atoms with Crippen molar-refractivity contribution in [3.05, 3.63) is 63.8 Å². The molecule has 0 bridgehead atoms. The lowest BCUT2D eigenvalue weighted by molar-refractivity contribution is -0.136. The Hall–Kier alpha value is -2.66. The molecule has 6 heteroatoms. The fraction of sp³-hybridized carbons (Fsp3) is 0.167. The largest absolute Gasteiger partial charge is 0.456 e. The molecule has 0 aromatic heterocycles. The monoisotopic (exact) mass is 341 g/mol. The lowest BCUT2D eigenvalue weighted by Gasteiger charge is -2.27. The number of halogens is 1. The van der Waals surface area contributed by atoms with Gasteiger partial charge in [-0.2, -0.15) is 0 Å². The molecule has 3 heterocycles. The number of benzene rings is 2. The smallest absolute Gasteiger partial charge is 0.337 e. The Morgan fingerprint density at radius 2 is 1.92 bits per heavy atom. The molecule has 0 fully saturated rings. The number of anilines is 1. The number of hydrogen-bond donors (Lipinski definition) is 1. The summed E-state index contributed by atoms with van der Waals surface area (Å²) in [6.07, 6.45) is 0. The molecule has 0 aliphatic carbocycles. The van der Waals surface area contributed by atoms with Gasteiger partial charge >= 0.3 is 5.97 Å². The molecule has 1 unspecified atom stereocenters. The topological polar surface area (TPSA) is 56.8 Å². The number of rotatable bonds is 1. The van der Waals surface area contributed by atoms with E-state index in [0.29, 0.717) is 22.1 Å². The van der Waals surface area contributed by atoms with Crippen LogP contribution in [0.3, 0.4) is 0 Å². The van der Waals surface area contributed by atoms with Gasteiger partial charge in [0, 0.05) is 22.7 Å². The number of carbonyl (C=O) groups is 1. The Morgan fingerprint density at radius 1 is 1.08 bits per heavy atom. The Labute approximate surface area is 142 Å². The summed E-state index contributed by atoms with van der Waals surface area (Å²) in [5, 5.41) is 3.93. The molecule has 1 atom stereocenters. The van der Waals surface area contributed by atoms with Crippen LogP contribution in [0, 0.1) is 0 Å². The Kier molecular flexibility index (Phi) is 2.82. The maximum atomic E-state index is 12.3. The van der Waals surface area contributed by atoms with Crippen molar-refractivity contribution in [3.63, 3.8) is 0 Å². The van der Waals surface area contributed by atoms with Gasteiger partial charge in [0.15, 0.2) is 11.5 Å². The van der Waals surface area contributed by atoms with E-state index < -0.39 is 0 Å². The van der Waals surface area contributed by atoms with Crippen LogP contribution in [0.2, 0.25) is 5.02 Å². The molecule has 120 valence electrons. The summed E-state index contributed by atoms with van der Waals surface area (Å²) in [5.41, 5.74) is 4.19. The minimum atomic E-state index is -0.300. The Morgan fingerprint density at radius 3 is 2.75 bits per heavy atom. The summed E-state index contributed by atoms with van der Waals surface area (Å²) in [4.78, 5) is 12.3. The first kappa shape index (κ1) is 13.7. The molecule has 5 rings (SSSR count). The van der Waals surface area contributed by atoms with Crippen LogP contribution in [-0.4, -0.2) is 19.4 Å². The summed E-state index contributed by atoms with van der Waals surface area (Å²) in [7, 11) is 0. The van der Waals surface area contributed by atoms with E-state index in [1.165, 1.54) is 0 Å². The predicted octanol–water partition coefficient (Wildman–Crippen LogP) is 3.44. The van der Waals surface area contributed by atoms with Gasteiger partial charge in [0.05, 0.1) is 11.3 Å². The van der Waals surface area contributed by atoms with Crippen LogP contribution >= 0.6 is 11.6 Å². The Balaban J connectivity index is 1.75. The third-order valence-electron chi connectivity index (χ3n) is 4.50. The van der Waals surface area contributed by atoms with Gasteiger partial charge in [0.1, 0.15) is 6.61 Å². The van der Waals surface area contributed by atoms with E-state index in [-0.39, 0.29) is 25.3 Å². The van der Waals surface area contributed by atoms with Crippen LogP contribution in [0.4, 0.5) is 5.69 Å². The van der Waals surface area contributed by atoms with Crippen molar-refractivity contribution in [3.8, 4) is 11.5 Å². The lowest BCUT2D eigenvalue weighted by atomic mass is 9.81. The molecular weight excluding hydrogens is 330 g/mol. The third kappa shape index (κ3) is 1.91. The number of esters is 1. The molecule has 24 heavy (non-hydrogen) atoms. The number of carbonyl (C=O) groups excluding carboxylic acids is 1. The van der Waals surface area contributed by atoms with Gasteiger partial charge in [-0.25, -0.2) is 4.79 Å². The van der Waals surface area contributed by atoms with E-state index in [0.717, 1.165) is 22.5 Å². The van der Waals surface area contributed by atoms with Crippen molar-refractivity contribution in [2.24, 2.45) is 0 Å². The molecule has 0 saturated carbocycles. The molecule has 3 aliphatic heterocycles. The second-order valence-electron chi connectivity index (χ2n) is 5.87. The zero-order valence-corrected chi connectivity index (χ0v) is 13.2. The lowest BCUT2D eigenvalue weighted by Crippen LogP contribution is -2.19. The first-order valence-electron chi connectivity index (χ1n) is 7.57. The van der Waals surface area contributed by atoms with Crippen molar-refractivity contribution < 1.29 is 19.0 Å². The molecule has 5 nitrogen and oxygen atoms in total. The second kappa shape index (κ2) is 4.92. The van der Waals surface area contributed by atoms with Gasteiger partial charge in [-0.15, -0.1) is 0 Å². The number of ether oxygens (including phenoxy) is 3. The van der Waals surface area contributed by atoms with Gasteiger partial charge in [0.25, 0.3) is 0 Å². The Bertz CT molecular complexity index is 921. The molecule has 0 amide bonds. The van der Waals surface area contributed by atoms with Crippen LogP contribution in [0.1, 0.15) is 17.0 Å². The van der Waals surface area contributed by atoms with Crippen LogP contribution in [-0.2, 0) is 9.53 Å². The molecule has 3 aliphatic rings. The second-order valence-corrected chi connectivity index (χ2v) is 6.31. The summed E-state index contributed by atoms with van der Waals surface area (Å²) in [6, 6.07) is 11.4. The average molecular weight is 342 g/mol. The zero-order valence-electron chi connectivity index (χ0n) is 12.5. The van der Waals surface area contributed by atoms with Crippen molar-refractivity contribution >= 4 is 23.3 Å². The van der Waals surface area contributed by atoms with Crippen LogP contribution in [0.5, 0.6) is 11.5 Å². The van der Waals surface area contributed by atoms with Crippen molar-refractivity contribution in [2.75, 3.05) is 18.7 Å². The van der Waals surface area contributed by atoms with Crippen molar-refractivity contribution in [2.45, 2.75) is 5.92 Å². The van der Waals surface area contributed by atoms with Crippen molar-refractivity contribution in [1.29, 1.82) is 0 Å². The third-order valence-corrected chi connectivity index (χ3v) is 4.74. The minimum Gasteiger partial charge on any atom is -0.456 e. The van der Waals surface area contributed by atoms with Gasteiger partial charge in [-0.1, -0.05) is 23.7 Å². The van der Waals surface area contributed by atoms with Crippen LogP contribution < -0.4 is 14.8 Å². The maximum Gasteiger partial charge on any atom is 0.337 e. The predicted molar refractivity (Wildman–Crippen MR) is 87.5 cm³/mol. The highest BCUT2D eigenvalue weighted by atomic mass is 35.5. The molecule has 1 N–H and O–H groups in total. The summed E-state index contributed by atoms with van der Waals surface area (Å²) in [5.74, 6) is 0.823. The number of nitrogens with one attached hydrogen (secondary N) is 1. The van der Waals surface area contributed by atoms with Crippen molar-refractivity contribution in [1.82, 2.24) is 0 Å². The van der Waals surface area contributed by atoms with Gasteiger partial charge in [0.2, 0.25) is 6.79 Å². The highest BCUT2D eigenvalue weighted by Gasteiger charge is 2.39. The van der Waals surface area contributed by atoms with Crippen LogP contribution in [0.15, 0.2) is 47.7 Å². The molecule has 2 aromatic carbocycles. The van der Waals surface area contributed by atoms with E-state index in [1.54, 1.807) is 0 Å². The van der Waals surface area contributed by atoms with E-state index in [4.69, 9.17) is 25.8 Å². The van der Waals surface area contributed by atoms with Gasteiger partial charge in [-0.3, -0.25) is 0 Å². The minimum absolute atomic E-state index is 0.204. The fourth-order valence-corrected chi connectivity index (χ4v) is 3.67.